The first-order valence-electron chi connectivity index (χ1n) is 18.6. The summed E-state index contributed by atoms with van der Waals surface area (Å²) in [6.45, 7) is 12.5. The molecule has 5 aromatic rings. The van der Waals surface area contributed by atoms with Crippen LogP contribution in [0, 0.1) is 5.92 Å². The molecule has 0 aliphatic carbocycles. The number of carbonyl (C=O) groups excluding carboxylic acids is 2. The molecule has 1 aromatic heterocycles. The third-order valence-electron chi connectivity index (χ3n) is 9.36. The highest BCUT2D eigenvalue weighted by Crippen LogP contribution is 2.45. The Kier molecular flexibility index (Phi) is 14.3. The predicted molar refractivity (Wildman–Crippen MR) is 221 cm³/mol. The normalized spacial score (nSPS) is 13.1. The van der Waals surface area contributed by atoms with Gasteiger partial charge < -0.3 is 23.7 Å². The lowest BCUT2D eigenvalue weighted by Gasteiger charge is -2.22. The third-order valence-corrected chi connectivity index (χ3v) is 11.7. The minimum Gasteiger partial charge on any atom is -0.493 e. The molecule has 0 fully saturated rings. The van der Waals surface area contributed by atoms with Gasteiger partial charge in [0.1, 0.15) is 18.1 Å². The largest absolute Gasteiger partial charge is 0.493 e. The number of benzene rings is 4. The van der Waals surface area contributed by atoms with E-state index in [1.54, 1.807) is 36.1 Å². The van der Waals surface area contributed by atoms with Crippen molar-refractivity contribution in [2.75, 3.05) is 39.6 Å². The Morgan fingerprint density at radius 2 is 1.42 bits per heavy atom. The maximum Gasteiger partial charge on any atom is 0.293 e. The Bertz CT molecular complexity index is 2210. The summed E-state index contributed by atoms with van der Waals surface area (Å²) in [5, 5.41) is 1.28. The van der Waals surface area contributed by atoms with Gasteiger partial charge >= 0.3 is 0 Å². The molecule has 0 amide bonds. The lowest BCUT2D eigenvalue weighted by Crippen LogP contribution is -2.27. The molecular weight excluding hydrogens is 733 g/mol. The van der Waals surface area contributed by atoms with Crippen molar-refractivity contribution in [2.24, 2.45) is 5.92 Å². The van der Waals surface area contributed by atoms with Crippen molar-refractivity contribution in [1.29, 1.82) is 0 Å². The minimum atomic E-state index is -0.579. The third kappa shape index (κ3) is 10.7. The molecule has 286 valence electrons. The first-order chi connectivity index (χ1) is 26.8. The van der Waals surface area contributed by atoms with Crippen LogP contribution in [0.15, 0.2) is 118 Å². The summed E-state index contributed by atoms with van der Waals surface area (Å²) in [4.78, 5) is 39.1. The predicted octanol–water partition coefficient (Wildman–Crippen LogP) is 9.69. The van der Waals surface area contributed by atoms with E-state index in [1.807, 2.05) is 60.7 Å². The molecule has 1 aliphatic rings. The molecule has 55 heavy (non-hydrogen) atoms. The maximum atomic E-state index is 13.0. The van der Waals surface area contributed by atoms with Gasteiger partial charge in [-0.05, 0) is 96.6 Å². The monoisotopic (exact) mass is 778 g/mol. The SMILES string of the molecule is C=C(C)C(=O)CC(COCCCCCCOCC(COc1ccc2sc3ccccc3c(=O)c2c1)OC=O)COc1ccc2c(c1)C(=C)c1ccccc1S2. The van der Waals surface area contributed by atoms with Crippen molar-refractivity contribution in [1.82, 2.24) is 0 Å². The van der Waals surface area contributed by atoms with Crippen LogP contribution in [0.5, 0.6) is 11.5 Å². The minimum absolute atomic E-state index is 0.0112. The summed E-state index contributed by atoms with van der Waals surface area (Å²) in [5.74, 6) is 1.17. The zero-order valence-electron chi connectivity index (χ0n) is 31.1. The molecule has 0 N–H and O–H groups in total. The van der Waals surface area contributed by atoms with Crippen molar-refractivity contribution < 1.29 is 33.3 Å². The molecule has 8 nitrogen and oxygen atoms in total. The number of hydrogen-bond donors (Lipinski definition) is 0. The van der Waals surface area contributed by atoms with Crippen molar-refractivity contribution >= 4 is 61.1 Å². The second-order valence-corrected chi connectivity index (χ2v) is 15.8. The van der Waals surface area contributed by atoms with Crippen molar-refractivity contribution in [3.05, 3.63) is 125 Å². The number of fused-ring (bicyclic) bond motifs is 4. The first-order valence-corrected chi connectivity index (χ1v) is 20.2. The zero-order valence-corrected chi connectivity index (χ0v) is 32.7. The van der Waals surface area contributed by atoms with E-state index < -0.39 is 6.10 Å². The lowest BCUT2D eigenvalue weighted by atomic mass is 9.98. The van der Waals surface area contributed by atoms with Gasteiger partial charge in [0.05, 0.1) is 19.8 Å². The van der Waals surface area contributed by atoms with Crippen molar-refractivity contribution in [2.45, 2.75) is 54.9 Å². The highest BCUT2D eigenvalue weighted by Gasteiger charge is 2.21. The Morgan fingerprint density at radius 1 is 0.745 bits per heavy atom. The van der Waals surface area contributed by atoms with Crippen LogP contribution in [0.2, 0.25) is 0 Å². The summed E-state index contributed by atoms with van der Waals surface area (Å²) < 4.78 is 31.0. The lowest BCUT2D eigenvalue weighted by molar-refractivity contribution is -0.138. The molecule has 0 saturated heterocycles. The number of hydrogen-bond acceptors (Lipinski definition) is 10. The fourth-order valence-corrected chi connectivity index (χ4v) is 8.47. The Hall–Kier alpha value is -4.74. The van der Waals surface area contributed by atoms with Crippen LogP contribution in [0.1, 0.15) is 50.2 Å². The summed E-state index contributed by atoms with van der Waals surface area (Å²) in [7, 11) is 0. The van der Waals surface area contributed by atoms with Crippen LogP contribution in [0.25, 0.3) is 25.7 Å². The molecule has 1 aliphatic heterocycles. The number of Topliss-reactive ketones (excluding diaryl/α,β-unsaturated/α-hetero) is 1. The van der Waals surface area contributed by atoms with Gasteiger partial charge in [-0.1, -0.05) is 68.1 Å². The topological polar surface area (TPSA) is 97.4 Å². The molecule has 10 heteroatoms. The molecule has 0 spiro atoms. The van der Waals surface area contributed by atoms with Gasteiger partial charge in [0.2, 0.25) is 0 Å². The maximum absolute atomic E-state index is 13.0. The number of unbranched alkanes of at least 4 members (excludes halogenated alkanes) is 3. The summed E-state index contributed by atoms with van der Waals surface area (Å²) in [6, 6.07) is 27.3. The van der Waals surface area contributed by atoms with E-state index in [2.05, 4.69) is 31.4 Å². The van der Waals surface area contributed by atoms with Gasteiger partial charge in [0, 0.05) is 55.5 Å². The molecule has 0 saturated carbocycles. The summed E-state index contributed by atoms with van der Waals surface area (Å²) in [6.07, 6.45) is 3.38. The van der Waals surface area contributed by atoms with Crippen LogP contribution in [-0.4, -0.2) is 58.0 Å². The molecule has 0 radical (unpaired) electrons. The number of ether oxygens (including phenoxy) is 5. The second kappa shape index (κ2) is 19.7. The van der Waals surface area contributed by atoms with E-state index in [0.29, 0.717) is 61.4 Å². The number of carbonyl (C=O) groups is 2. The molecule has 4 aromatic carbocycles. The van der Waals surface area contributed by atoms with Gasteiger partial charge in [-0.25, -0.2) is 0 Å². The molecule has 6 rings (SSSR count). The molecule has 2 unspecified atom stereocenters. The van der Waals surface area contributed by atoms with Crippen molar-refractivity contribution in [3.63, 3.8) is 0 Å². The fraction of sp³-hybridized carbons (Fsp3) is 0.311. The Balaban J connectivity index is 0.877. The Labute approximate surface area is 330 Å². The molecule has 2 atom stereocenters. The molecule has 0 bridgehead atoms. The van der Waals surface area contributed by atoms with Crippen LogP contribution in [0.4, 0.5) is 0 Å². The van der Waals surface area contributed by atoms with E-state index in [0.717, 1.165) is 62.4 Å². The number of ketones is 1. The number of allylic oxidation sites excluding steroid dienone is 1. The highest BCUT2D eigenvalue weighted by atomic mass is 32.2. The van der Waals surface area contributed by atoms with Crippen LogP contribution >= 0.6 is 23.1 Å². The van der Waals surface area contributed by atoms with Crippen LogP contribution in [-0.2, 0) is 23.8 Å². The Morgan fingerprint density at radius 3 is 2.22 bits per heavy atom. The van der Waals surface area contributed by atoms with Gasteiger partial charge in [-0.2, -0.15) is 0 Å². The van der Waals surface area contributed by atoms with E-state index in [4.69, 9.17) is 23.7 Å². The van der Waals surface area contributed by atoms with Crippen LogP contribution in [0.3, 0.4) is 0 Å². The average Bonchev–Trinajstić information content (AvgIpc) is 3.19. The first kappa shape index (κ1) is 39.9. The highest BCUT2D eigenvalue weighted by molar-refractivity contribution is 7.99. The van der Waals surface area contributed by atoms with E-state index in [1.165, 1.54) is 4.90 Å². The molecular formula is C45H46O8S2. The summed E-state index contributed by atoms with van der Waals surface area (Å²) in [5.41, 5.74) is 3.68. The van der Waals surface area contributed by atoms with Crippen LogP contribution < -0.4 is 14.9 Å². The second-order valence-electron chi connectivity index (χ2n) is 13.6. The van der Waals surface area contributed by atoms with Gasteiger partial charge in [-0.3, -0.25) is 14.4 Å². The fourth-order valence-electron chi connectivity index (χ4n) is 6.30. The summed E-state index contributed by atoms with van der Waals surface area (Å²) >= 11 is 3.29. The van der Waals surface area contributed by atoms with Crippen molar-refractivity contribution in [3.8, 4) is 11.5 Å². The van der Waals surface area contributed by atoms with Gasteiger partial charge in [0.25, 0.3) is 6.47 Å². The standard InChI is InChI=1S/C45H46O8S2/c1-30(2)40(47)22-32(26-51-33-16-18-43-38(23-33)31(3)36-12-6-8-14-41(36)54-43)25-49-20-10-4-5-11-21-50-27-35(53-29-46)28-52-34-17-19-44-39(24-34)45(48)37-13-7-9-15-42(37)55-44/h6-9,12-19,23-24,29,32,35H,1,3-5,10-11,20-22,25-28H2,2H3. The zero-order chi connectivity index (χ0) is 38.6. The average molecular weight is 779 g/mol. The molecule has 2 heterocycles. The van der Waals surface area contributed by atoms with Gasteiger partial charge in [0.15, 0.2) is 17.3 Å². The van der Waals surface area contributed by atoms with E-state index in [-0.39, 0.29) is 30.3 Å². The van der Waals surface area contributed by atoms with E-state index >= 15 is 0 Å². The van der Waals surface area contributed by atoms with E-state index in [9.17, 15) is 14.4 Å². The van der Waals surface area contributed by atoms with Gasteiger partial charge in [-0.15, -0.1) is 11.3 Å². The quantitative estimate of drug-likeness (QED) is 0.0289. The smallest absolute Gasteiger partial charge is 0.293 e. The number of rotatable bonds is 22.